The summed E-state index contributed by atoms with van der Waals surface area (Å²) in [6.45, 7) is 0. The molecule has 5 heteroatoms. The van der Waals surface area contributed by atoms with Gasteiger partial charge in [-0.1, -0.05) is 194 Å². The highest BCUT2D eigenvalue weighted by Gasteiger charge is 2.24. The van der Waals surface area contributed by atoms with E-state index in [0.29, 0.717) is 17.5 Å². The van der Waals surface area contributed by atoms with Crippen LogP contribution in [0.3, 0.4) is 0 Å². The van der Waals surface area contributed by atoms with E-state index in [1.54, 1.807) is 0 Å². The lowest BCUT2D eigenvalue weighted by Crippen LogP contribution is -2.01. The van der Waals surface area contributed by atoms with Crippen LogP contribution < -0.4 is 0 Å². The fourth-order valence-corrected chi connectivity index (χ4v) is 11.4. The Kier molecular flexibility index (Phi) is 8.89. The van der Waals surface area contributed by atoms with E-state index in [2.05, 4.69) is 197 Å². The van der Waals surface area contributed by atoms with Crippen LogP contribution in [0.4, 0.5) is 0 Å². The Morgan fingerprint density at radius 1 is 0.236 bits per heavy atom. The van der Waals surface area contributed by atoms with E-state index < -0.39 is 0 Å². The largest absolute Gasteiger partial charge is 0.309 e. The van der Waals surface area contributed by atoms with Crippen molar-refractivity contribution in [2.24, 2.45) is 0 Å². The molecular weight excluding hydrogens is 875 g/mol. The van der Waals surface area contributed by atoms with Gasteiger partial charge < -0.3 is 9.13 Å². The highest BCUT2D eigenvalue weighted by Crippen LogP contribution is 2.49. The second kappa shape index (κ2) is 15.9. The number of fused-ring (bicyclic) bond motifs is 9. The zero-order chi connectivity index (χ0) is 47.3. The lowest BCUT2D eigenvalue weighted by atomic mass is 9.98. The van der Waals surface area contributed by atoms with Crippen molar-refractivity contribution in [3.63, 3.8) is 0 Å². The zero-order valence-electron chi connectivity index (χ0n) is 38.9. The third-order valence-electron chi connectivity index (χ3n) is 14.7. The van der Waals surface area contributed by atoms with E-state index in [1.165, 1.54) is 93.5 Å². The molecule has 0 radical (unpaired) electrons. The van der Waals surface area contributed by atoms with Crippen molar-refractivity contribution in [2.45, 2.75) is 0 Å². The van der Waals surface area contributed by atoms with Gasteiger partial charge in [0, 0.05) is 49.3 Å². The first kappa shape index (κ1) is 40.2. The molecule has 72 heavy (non-hydrogen) atoms. The molecule has 15 rings (SSSR count). The molecule has 0 atom stereocenters. The van der Waals surface area contributed by atoms with Crippen LogP contribution in [0.1, 0.15) is 0 Å². The SMILES string of the molecule is c1ccc(-c2nc(-c3ccccc3)nc(-c3cccc(-n4c5ccccc5c5cc(-c6ccc(-c7ccc8c(c7)c7ccccc7n8-c7ccc8c9c(cccc79)-c7ccccc7-8)cc6)ccc54)c3)n2)cc1. The summed E-state index contributed by atoms with van der Waals surface area (Å²) >= 11 is 0. The van der Waals surface area contributed by atoms with Gasteiger partial charge in [0.25, 0.3) is 0 Å². The Labute approximate surface area is 415 Å². The Bertz CT molecular complexity index is 4400. The molecule has 0 fully saturated rings. The molecule has 1 aliphatic carbocycles. The smallest absolute Gasteiger partial charge is 0.164 e. The molecule has 334 valence electrons. The highest BCUT2D eigenvalue weighted by atomic mass is 15.0. The molecule has 0 saturated heterocycles. The summed E-state index contributed by atoms with van der Waals surface area (Å²) < 4.78 is 4.82. The standard InChI is InChI=1S/C67H41N5/c1-3-15-44(16-4-1)65-68-66(45-17-5-2-6-18-45)70-67(69-65)48-19-13-20-49(39-48)71-59-27-11-9-23-52(59)57-40-46(33-36-62(57)71)42-29-31-43(32-30-42)47-34-37-63-58(41-47)53-24-10-12-28-60(53)72(63)61-38-35-55-51-22-8-7-21-50(51)54-25-14-26-56(61)64(54)55/h1-41H. The Morgan fingerprint density at radius 3 is 1.28 bits per heavy atom. The molecule has 0 unspecified atom stereocenters. The summed E-state index contributed by atoms with van der Waals surface area (Å²) in [7, 11) is 0. The quantitative estimate of drug-likeness (QED) is 0.160. The van der Waals surface area contributed by atoms with E-state index in [9.17, 15) is 0 Å². The molecule has 5 nitrogen and oxygen atoms in total. The minimum atomic E-state index is 0.628. The molecular formula is C67H41N5. The van der Waals surface area contributed by atoms with Crippen LogP contribution in [-0.4, -0.2) is 24.1 Å². The fourth-order valence-electron chi connectivity index (χ4n) is 11.4. The molecule has 3 heterocycles. The van der Waals surface area contributed by atoms with Crippen molar-refractivity contribution in [2.75, 3.05) is 0 Å². The van der Waals surface area contributed by atoms with E-state index in [-0.39, 0.29) is 0 Å². The summed E-state index contributed by atoms with van der Waals surface area (Å²) in [5.74, 6) is 1.91. The monoisotopic (exact) mass is 915 g/mol. The number of para-hydroxylation sites is 2. The third kappa shape index (κ3) is 6.24. The summed E-state index contributed by atoms with van der Waals surface area (Å²) in [6.07, 6.45) is 0. The molecule has 0 aliphatic heterocycles. The van der Waals surface area contributed by atoms with Gasteiger partial charge in [0.15, 0.2) is 17.5 Å². The van der Waals surface area contributed by atoms with E-state index in [0.717, 1.165) is 33.4 Å². The van der Waals surface area contributed by atoms with Gasteiger partial charge in [-0.05, 0) is 104 Å². The first-order valence-electron chi connectivity index (χ1n) is 24.5. The molecule has 11 aromatic carbocycles. The summed E-state index contributed by atoms with van der Waals surface area (Å²) in [5.41, 5.74) is 19.7. The minimum Gasteiger partial charge on any atom is -0.309 e. The van der Waals surface area contributed by atoms with Crippen molar-refractivity contribution in [1.82, 2.24) is 24.1 Å². The number of benzene rings is 11. The Balaban J connectivity index is 0.786. The van der Waals surface area contributed by atoms with Crippen molar-refractivity contribution >= 4 is 54.4 Å². The first-order valence-corrected chi connectivity index (χ1v) is 24.5. The molecule has 3 aromatic heterocycles. The third-order valence-corrected chi connectivity index (χ3v) is 14.7. The molecule has 0 spiro atoms. The number of rotatable bonds is 7. The van der Waals surface area contributed by atoms with Crippen molar-refractivity contribution in [3.05, 3.63) is 249 Å². The van der Waals surface area contributed by atoms with Gasteiger partial charge >= 0.3 is 0 Å². The van der Waals surface area contributed by atoms with Gasteiger partial charge in [-0.3, -0.25) is 0 Å². The van der Waals surface area contributed by atoms with Crippen LogP contribution in [0.15, 0.2) is 249 Å². The normalized spacial score (nSPS) is 11.9. The highest BCUT2D eigenvalue weighted by molar-refractivity contribution is 6.19. The maximum Gasteiger partial charge on any atom is 0.164 e. The average Bonchev–Trinajstić information content (AvgIpc) is 4.09. The number of hydrogen-bond acceptors (Lipinski definition) is 3. The topological polar surface area (TPSA) is 48.5 Å². The molecule has 14 aromatic rings. The van der Waals surface area contributed by atoms with Gasteiger partial charge in [-0.25, -0.2) is 15.0 Å². The van der Waals surface area contributed by atoms with Crippen LogP contribution >= 0.6 is 0 Å². The number of hydrogen-bond donors (Lipinski definition) is 0. The van der Waals surface area contributed by atoms with E-state index in [1.807, 2.05) is 60.7 Å². The maximum absolute atomic E-state index is 5.04. The van der Waals surface area contributed by atoms with Gasteiger partial charge in [-0.15, -0.1) is 0 Å². The maximum atomic E-state index is 5.04. The predicted octanol–water partition coefficient (Wildman–Crippen LogP) is 17.2. The second-order valence-electron chi connectivity index (χ2n) is 18.7. The van der Waals surface area contributed by atoms with E-state index >= 15 is 0 Å². The lowest BCUT2D eigenvalue weighted by Gasteiger charge is -2.13. The summed E-state index contributed by atoms with van der Waals surface area (Å²) in [4.78, 5) is 15.0. The second-order valence-corrected chi connectivity index (χ2v) is 18.7. The van der Waals surface area contributed by atoms with Gasteiger partial charge in [0.1, 0.15) is 0 Å². The van der Waals surface area contributed by atoms with Crippen molar-refractivity contribution in [3.8, 4) is 90.0 Å². The summed E-state index contributed by atoms with van der Waals surface area (Å²) in [6, 6.07) is 89.4. The lowest BCUT2D eigenvalue weighted by molar-refractivity contribution is 1.07. The van der Waals surface area contributed by atoms with Crippen molar-refractivity contribution < 1.29 is 0 Å². The van der Waals surface area contributed by atoms with Crippen LogP contribution in [0.2, 0.25) is 0 Å². The molecule has 0 bridgehead atoms. The van der Waals surface area contributed by atoms with Gasteiger partial charge in [-0.2, -0.15) is 0 Å². The average molecular weight is 916 g/mol. The zero-order valence-corrected chi connectivity index (χ0v) is 38.9. The van der Waals surface area contributed by atoms with Gasteiger partial charge in [0.05, 0.1) is 27.8 Å². The predicted molar refractivity (Wildman–Crippen MR) is 298 cm³/mol. The molecule has 0 saturated carbocycles. The van der Waals surface area contributed by atoms with E-state index in [4.69, 9.17) is 15.0 Å². The summed E-state index contributed by atoms with van der Waals surface area (Å²) in [5, 5.41) is 7.49. The Hall–Kier alpha value is -9.71. The number of aromatic nitrogens is 5. The van der Waals surface area contributed by atoms with Crippen LogP contribution in [0, 0.1) is 0 Å². The minimum absolute atomic E-state index is 0.628. The molecule has 0 N–H and O–H groups in total. The van der Waals surface area contributed by atoms with Crippen LogP contribution in [-0.2, 0) is 0 Å². The van der Waals surface area contributed by atoms with Crippen LogP contribution in [0.25, 0.3) is 144 Å². The molecule has 0 amide bonds. The Morgan fingerprint density at radius 2 is 0.667 bits per heavy atom. The van der Waals surface area contributed by atoms with Crippen LogP contribution in [0.5, 0.6) is 0 Å². The van der Waals surface area contributed by atoms with Crippen molar-refractivity contribution in [1.29, 1.82) is 0 Å². The first-order chi connectivity index (χ1) is 35.7. The van der Waals surface area contributed by atoms with Gasteiger partial charge in [0.2, 0.25) is 0 Å². The fraction of sp³-hybridized carbons (Fsp3) is 0. The molecule has 1 aliphatic rings. The number of nitrogens with zero attached hydrogens (tertiary/aromatic N) is 5.